The fraction of sp³-hybridized carbons (Fsp3) is 0.385. The molecule has 2 saturated heterocycles. The fourth-order valence-electron chi connectivity index (χ4n) is 4.85. The normalized spacial score (nSPS) is 20.1. The van der Waals surface area contributed by atoms with Crippen LogP contribution in [0.1, 0.15) is 37.8 Å². The molecule has 180 valence electrons. The van der Waals surface area contributed by atoms with E-state index in [0.717, 1.165) is 38.0 Å². The lowest BCUT2D eigenvalue weighted by Crippen LogP contribution is -2.55. The van der Waals surface area contributed by atoms with Crippen molar-refractivity contribution < 1.29 is 18.7 Å². The standard InChI is InChI=1S/C26H29ClFN3O3/c1-3-34-25-12-19(24(13-23(25)27)29-17(2)32)6-11-26(33)31-21-9-10-22(31)16-30(15-21)14-18-4-7-20(28)8-5-18/h4-8,11-13,21-22H,3,9-10,14-16H2,1-2H3,(H,29,32)/b11-6+. The number of hydrogen-bond acceptors (Lipinski definition) is 4. The first-order valence-corrected chi connectivity index (χ1v) is 11.9. The first-order chi connectivity index (χ1) is 16.3. The first-order valence-electron chi connectivity index (χ1n) is 11.5. The predicted octanol–water partition coefficient (Wildman–Crippen LogP) is 4.72. The van der Waals surface area contributed by atoms with Crippen LogP contribution in [0.3, 0.4) is 0 Å². The average molecular weight is 486 g/mol. The molecule has 34 heavy (non-hydrogen) atoms. The number of nitrogens with zero attached hydrogens (tertiary/aromatic N) is 2. The minimum atomic E-state index is -0.234. The van der Waals surface area contributed by atoms with Gasteiger partial charge in [0, 0.05) is 56.0 Å². The summed E-state index contributed by atoms with van der Waals surface area (Å²) in [6, 6.07) is 10.3. The Bertz CT molecular complexity index is 1080. The quantitative estimate of drug-likeness (QED) is 0.576. The van der Waals surface area contributed by atoms with Crippen LogP contribution in [-0.4, -0.2) is 53.4 Å². The number of hydrogen-bond donors (Lipinski definition) is 1. The molecular weight excluding hydrogens is 457 g/mol. The molecule has 2 amide bonds. The maximum atomic E-state index is 13.2. The van der Waals surface area contributed by atoms with E-state index in [1.165, 1.54) is 19.1 Å². The van der Waals surface area contributed by atoms with Gasteiger partial charge in [0.2, 0.25) is 11.8 Å². The van der Waals surface area contributed by atoms with Crippen LogP contribution in [0.2, 0.25) is 5.02 Å². The minimum absolute atomic E-state index is 0.0457. The predicted molar refractivity (Wildman–Crippen MR) is 131 cm³/mol. The highest BCUT2D eigenvalue weighted by Crippen LogP contribution is 2.34. The number of carbonyl (C=O) groups is 2. The Morgan fingerprint density at radius 3 is 2.47 bits per heavy atom. The summed E-state index contributed by atoms with van der Waals surface area (Å²) in [6.45, 7) is 6.07. The molecule has 2 aliphatic heterocycles. The molecular formula is C26H29ClFN3O3. The number of anilines is 1. The molecule has 0 radical (unpaired) electrons. The van der Waals surface area contributed by atoms with Crippen LogP contribution >= 0.6 is 11.6 Å². The fourth-order valence-corrected chi connectivity index (χ4v) is 5.06. The van der Waals surface area contributed by atoms with E-state index < -0.39 is 0 Å². The second kappa shape index (κ2) is 10.6. The van der Waals surface area contributed by atoms with E-state index >= 15 is 0 Å². The second-order valence-corrected chi connectivity index (χ2v) is 9.18. The van der Waals surface area contributed by atoms with Gasteiger partial charge in [0.25, 0.3) is 0 Å². The summed E-state index contributed by atoms with van der Waals surface area (Å²) in [7, 11) is 0. The summed E-state index contributed by atoms with van der Waals surface area (Å²) in [4.78, 5) is 29.1. The van der Waals surface area contributed by atoms with Gasteiger partial charge >= 0.3 is 0 Å². The highest BCUT2D eigenvalue weighted by molar-refractivity contribution is 6.32. The topological polar surface area (TPSA) is 61.9 Å². The third kappa shape index (κ3) is 5.59. The van der Waals surface area contributed by atoms with Gasteiger partial charge in [-0.25, -0.2) is 4.39 Å². The summed E-state index contributed by atoms with van der Waals surface area (Å²) in [5.41, 5.74) is 2.24. The molecule has 4 rings (SSSR count). The molecule has 1 N–H and O–H groups in total. The summed E-state index contributed by atoms with van der Waals surface area (Å²) in [6.07, 6.45) is 5.20. The van der Waals surface area contributed by atoms with Gasteiger partial charge in [-0.3, -0.25) is 14.5 Å². The molecule has 2 atom stereocenters. The SMILES string of the molecule is CCOc1cc(/C=C/C(=O)N2C3CCC2CN(Cc2ccc(F)cc2)C3)c(NC(C)=O)cc1Cl. The summed E-state index contributed by atoms with van der Waals surface area (Å²) in [5.74, 6) is -0.00580. The number of piperazine rings is 1. The zero-order valence-corrected chi connectivity index (χ0v) is 20.1. The van der Waals surface area contributed by atoms with Gasteiger partial charge in [-0.15, -0.1) is 0 Å². The van der Waals surface area contributed by atoms with Crippen molar-refractivity contribution in [2.24, 2.45) is 0 Å². The van der Waals surface area contributed by atoms with Crippen molar-refractivity contribution in [1.82, 2.24) is 9.80 Å². The molecule has 2 heterocycles. The van der Waals surface area contributed by atoms with Gasteiger partial charge in [0.15, 0.2) is 0 Å². The Hall–Kier alpha value is -2.90. The van der Waals surface area contributed by atoms with E-state index in [1.54, 1.807) is 24.3 Å². The molecule has 2 aromatic rings. The smallest absolute Gasteiger partial charge is 0.247 e. The number of benzene rings is 2. The lowest BCUT2D eigenvalue weighted by atomic mass is 10.1. The number of ether oxygens (including phenoxy) is 1. The van der Waals surface area contributed by atoms with Crippen molar-refractivity contribution in [2.75, 3.05) is 25.0 Å². The van der Waals surface area contributed by atoms with E-state index in [2.05, 4.69) is 10.2 Å². The van der Waals surface area contributed by atoms with Gasteiger partial charge in [0.05, 0.1) is 11.6 Å². The van der Waals surface area contributed by atoms with Crippen molar-refractivity contribution in [2.45, 2.75) is 45.3 Å². The van der Waals surface area contributed by atoms with Gasteiger partial charge in [0.1, 0.15) is 11.6 Å². The van der Waals surface area contributed by atoms with Crippen molar-refractivity contribution in [1.29, 1.82) is 0 Å². The van der Waals surface area contributed by atoms with Crippen molar-refractivity contribution in [3.8, 4) is 5.75 Å². The summed E-state index contributed by atoms with van der Waals surface area (Å²) < 4.78 is 18.8. The van der Waals surface area contributed by atoms with E-state index in [0.29, 0.717) is 28.6 Å². The number of amides is 2. The molecule has 2 aliphatic rings. The van der Waals surface area contributed by atoms with E-state index in [1.807, 2.05) is 24.0 Å². The largest absolute Gasteiger partial charge is 0.492 e. The number of rotatable bonds is 7. The molecule has 0 spiro atoms. The number of fused-ring (bicyclic) bond motifs is 2. The number of likely N-dealkylation sites (tertiary alicyclic amines) is 1. The molecule has 0 saturated carbocycles. The van der Waals surface area contributed by atoms with E-state index in [4.69, 9.17) is 16.3 Å². The monoisotopic (exact) mass is 485 g/mol. The highest BCUT2D eigenvalue weighted by Gasteiger charge is 2.41. The maximum absolute atomic E-state index is 13.2. The number of nitrogens with one attached hydrogen (secondary N) is 1. The third-order valence-corrected chi connectivity index (χ3v) is 6.55. The lowest BCUT2D eigenvalue weighted by Gasteiger charge is -2.40. The van der Waals surface area contributed by atoms with Crippen molar-refractivity contribution in [3.63, 3.8) is 0 Å². The van der Waals surface area contributed by atoms with Crippen LogP contribution in [0, 0.1) is 5.82 Å². The van der Waals surface area contributed by atoms with E-state index in [-0.39, 0.29) is 29.7 Å². The Morgan fingerprint density at radius 1 is 1.18 bits per heavy atom. The molecule has 8 heteroatoms. The zero-order valence-electron chi connectivity index (χ0n) is 19.4. The summed E-state index contributed by atoms with van der Waals surface area (Å²) in [5, 5.41) is 3.16. The van der Waals surface area contributed by atoms with Crippen molar-refractivity contribution >= 4 is 35.2 Å². The Labute approximate surface area is 204 Å². The molecule has 6 nitrogen and oxygen atoms in total. The second-order valence-electron chi connectivity index (χ2n) is 8.77. The molecule has 0 aliphatic carbocycles. The Morgan fingerprint density at radius 2 is 1.85 bits per heavy atom. The van der Waals surface area contributed by atoms with Crippen molar-refractivity contribution in [3.05, 3.63) is 64.4 Å². The summed E-state index contributed by atoms with van der Waals surface area (Å²) >= 11 is 6.28. The maximum Gasteiger partial charge on any atom is 0.247 e. The van der Waals surface area contributed by atoms with Gasteiger partial charge in [-0.1, -0.05) is 23.7 Å². The first kappa shape index (κ1) is 24.2. The van der Waals surface area contributed by atoms with Gasteiger partial charge in [-0.05, 0) is 55.7 Å². The van der Waals surface area contributed by atoms with Crippen LogP contribution in [0.4, 0.5) is 10.1 Å². The zero-order chi connectivity index (χ0) is 24.2. The number of carbonyl (C=O) groups excluding carboxylic acids is 2. The number of halogens is 2. The molecule has 2 fully saturated rings. The van der Waals surface area contributed by atoms with Gasteiger partial charge in [-0.2, -0.15) is 0 Å². The highest BCUT2D eigenvalue weighted by atomic mass is 35.5. The van der Waals surface area contributed by atoms with E-state index in [9.17, 15) is 14.0 Å². The van der Waals surface area contributed by atoms with Gasteiger partial charge < -0.3 is 15.0 Å². The Kier molecular flexibility index (Phi) is 7.54. The molecule has 0 aromatic heterocycles. The van der Waals surface area contributed by atoms with Crippen LogP contribution < -0.4 is 10.1 Å². The minimum Gasteiger partial charge on any atom is -0.492 e. The third-order valence-electron chi connectivity index (χ3n) is 6.25. The molecule has 2 bridgehead atoms. The Balaban J connectivity index is 1.47. The van der Waals surface area contributed by atoms with Crippen LogP contribution in [0.15, 0.2) is 42.5 Å². The van der Waals surface area contributed by atoms with Crippen LogP contribution in [0.25, 0.3) is 6.08 Å². The van der Waals surface area contributed by atoms with Crippen LogP contribution in [0.5, 0.6) is 5.75 Å². The molecule has 2 aromatic carbocycles. The van der Waals surface area contributed by atoms with Crippen LogP contribution in [-0.2, 0) is 16.1 Å². The average Bonchev–Trinajstić information content (AvgIpc) is 3.06. The lowest BCUT2D eigenvalue weighted by molar-refractivity contribution is -0.131. The molecule has 2 unspecified atom stereocenters.